The van der Waals surface area contributed by atoms with Crippen molar-refractivity contribution in [1.82, 2.24) is 29.5 Å². The fraction of sp³-hybridized carbons (Fsp3) is 0.143. The summed E-state index contributed by atoms with van der Waals surface area (Å²) in [6.45, 7) is 3.95. The van der Waals surface area contributed by atoms with Gasteiger partial charge in [0.25, 0.3) is 0 Å². The number of urea groups is 1. The monoisotopic (exact) mass is 537 g/mol. The number of carbonyl (C=O) groups excluding carboxylic acids is 1. The van der Waals surface area contributed by atoms with Crippen LogP contribution in [0, 0.1) is 17.1 Å². The summed E-state index contributed by atoms with van der Waals surface area (Å²) in [5.41, 5.74) is 2.39. The smallest absolute Gasteiger partial charge is 0.324 e. The highest BCUT2D eigenvalue weighted by Gasteiger charge is 2.17. The first-order chi connectivity index (χ1) is 19.3. The fourth-order valence-corrected chi connectivity index (χ4v) is 3.80. The Labute approximate surface area is 228 Å². The third kappa shape index (κ3) is 5.78. The molecule has 0 aliphatic carbocycles. The van der Waals surface area contributed by atoms with Gasteiger partial charge in [0.1, 0.15) is 17.4 Å². The molecule has 5 aromatic rings. The molecule has 200 valence electrons. The van der Waals surface area contributed by atoms with E-state index in [1.54, 1.807) is 66.7 Å². The van der Waals surface area contributed by atoms with Crippen molar-refractivity contribution in [2.45, 2.75) is 19.8 Å². The van der Waals surface area contributed by atoms with Gasteiger partial charge in [0.2, 0.25) is 5.88 Å². The van der Waals surface area contributed by atoms with E-state index in [4.69, 9.17) is 4.74 Å². The zero-order chi connectivity index (χ0) is 28.2. The minimum atomic E-state index is -0.690. The Morgan fingerprint density at radius 3 is 2.73 bits per heavy atom. The van der Waals surface area contributed by atoms with Crippen LogP contribution in [0.5, 0.6) is 11.6 Å². The van der Waals surface area contributed by atoms with Gasteiger partial charge < -0.3 is 10.1 Å². The minimum absolute atomic E-state index is 0.0794. The van der Waals surface area contributed by atoms with Crippen molar-refractivity contribution >= 4 is 17.5 Å². The van der Waals surface area contributed by atoms with Crippen LogP contribution < -0.4 is 15.4 Å². The van der Waals surface area contributed by atoms with Gasteiger partial charge in [-0.05, 0) is 36.2 Å². The number of nitrogens with zero attached hydrogens (tertiary/aromatic N) is 7. The summed E-state index contributed by atoms with van der Waals surface area (Å²) in [6, 6.07) is 15.5. The number of anilines is 2. The van der Waals surface area contributed by atoms with Gasteiger partial charge in [-0.2, -0.15) is 20.4 Å². The van der Waals surface area contributed by atoms with Crippen LogP contribution in [0.4, 0.5) is 20.7 Å². The van der Waals surface area contributed by atoms with E-state index in [9.17, 15) is 14.4 Å². The van der Waals surface area contributed by atoms with Gasteiger partial charge >= 0.3 is 6.03 Å². The Kier molecular flexibility index (Phi) is 7.19. The maximum Gasteiger partial charge on any atom is 0.324 e. The maximum atomic E-state index is 14.7. The molecule has 12 heteroatoms. The van der Waals surface area contributed by atoms with Crippen molar-refractivity contribution < 1.29 is 13.9 Å². The topological polar surface area (TPSA) is 136 Å². The van der Waals surface area contributed by atoms with Crippen molar-refractivity contribution in [3.05, 3.63) is 90.3 Å². The van der Waals surface area contributed by atoms with E-state index in [1.165, 1.54) is 22.9 Å². The second kappa shape index (κ2) is 11.0. The predicted octanol–water partition coefficient (Wildman–Crippen LogP) is 5.63. The molecule has 0 bridgehead atoms. The van der Waals surface area contributed by atoms with Crippen LogP contribution in [0.1, 0.15) is 31.0 Å². The van der Waals surface area contributed by atoms with Gasteiger partial charge in [0, 0.05) is 37.6 Å². The van der Waals surface area contributed by atoms with Gasteiger partial charge in [0.15, 0.2) is 5.82 Å². The van der Waals surface area contributed by atoms with Crippen LogP contribution in [0.25, 0.3) is 17.1 Å². The Morgan fingerprint density at radius 1 is 1.12 bits per heavy atom. The fourth-order valence-electron chi connectivity index (χ4n) is 3.80. The van der Waals surface area contributed by atoms with Crippen LogP contribution in [0.15, 0.2) is 73.2 Å². The molecule has 2 amide bonds. The first kappa shape index (κ1) is 26.1. The number of hydrogen-bond donors (Lipinski definition) is 2. The highest BCUT2D eigenvalue weighted by molar-refractivity contribution is 5.99. The van der Waals surface area contributed by atoms with E-state index in [2.05, 4.69) is 36.9 Å². The lowest BCUT2D eigenvalue weighted by atomic mass is 10.1. The standard InChI is InChI=1S/C28H24FN9O2/c1-17(2)23-13-25(38(36-23)20-6-4-5-18(11-20)14-30)34-28(39)33-24-12-21(7-8-22(24)29)40-26-9-10-31-27(35-26)19-15-32-37(3)16-19/h4-13,15-17H,1-3H3,(H2,33,34,39). The van der Waals surface area contributed by atoms with E-state index >= 15 is 0 Å². The molecule has 2 N–H and O–H groups in total. The van der Waals surface area contributed by atoms with E-state index in [1.807, 2.05) is 13.8 Å². The second-order valence-corrected chi connectivity index (χ2v) is 9.13. The lowest BCUT2D eigenvalue weighted by molar-refractivity contribution is 0.262. The van der Waals surface area contributed by atoms with Crippen molar-refractivity contribution in [1.29, 1.82) is 5.26 Å². The molecule has 3 aromatic heterocycles. The largest absolute Gasteiger partial charge is 0.439 e. The first-order valence-electron chi connectivity index (χ1n) is 12.3. The molecule has 40 heavy (non-hydrogen) atoms. The van der Waals surface area contributed by atoms with Crippen LogP contribution in [0.2, 0.25) is 0 Å². The third-order valence-electron chi connectivity index (χ3n) is 5.78. The van der Waals surface area contributed by atoms with E-state index in [0.717, 1.165) is 5.69 Å². The average molecular weight is 538 g/mol. The molecule has 5 rings (SSSR count). The summed E-state index contributed by atoms with van der Waals surface area (Å²) >= 11 is 0. The number of rotatable bonds is 7. The molecule has 2 aromatic carbocycles. The van der Waals surface area contributed by atoms with Gasteiger partial charge in [0.05, 0.1) is 40.5 Å². The number of halogens is 1. The van der Waals surface area contributed by atoms with Crippen LogP contribution >= 0.6 is 0 Å². The molecule has 0 aliphatic heterocycles. The summed E-state index contributed by atoms with van der Waals surface area (Å²) in [5.74, 6) is 0.694. The van der Waals surface area contributed by atoms with Gasteiger partial charge in [-0.1, -0.05) is 19.9 Å². The number of aromatic nitrogens is 6. The van der Waals surface area contributed by atoms with Gasteiger partial charge in [-0.15, -0.1) is 0 Å². The number of amides is 2. The third-order valence-corrected chi connectivity index (χ3v) is 5.78. The van der Waals surface area contributed by atoms with Crippen molar-refractivity contribution in [2.24, 2.45) is 7.05 Å². The Bertz CT molecular complexity index is 1740. The summed E-state index contributed by atoms with van der Waals surface area (Å²) in [6.07, 6.45) is 4.95. The highest BCUT2D eigenvalue weighted by atomic mass is 19.1. The summed E-state index contributed by atoms with van der Waals surface area (Å²) in [7, 11) is 1.79. The molecule has 0 unspecified atom stereocenters. The summed E-state index contributed by atoms with van der Waals surface area (Å²) < 4.78 is 23.6. The van der Waals surface area contributed by atoms with E-state index in [-0.39, 0.29) is 23.2 Å². The number of benzene rings is 2. The van der Waals surface area contributed by atoms with Gasteiger partial charge in [-0.3, -0.25) is 10.00 Å². The van der Waals surface area contributed by atoms with E-state index < -0.39 is 11.8 Å². The lowest BCUT2D eigenvalue weighted by Gasteiger charge is -2.12. The molecule has 3 heterocycles. The molecule has 0 radical (unpaired) electrons. The van der Waals surface area contributed by atoms with Crippen molar-refractivity contribution in [3.8, 4) is 34.8 Å². The Balaban J connectivity index is 1.34. The molecule has 0 spiro atoms. The van der Waals surface area contributed by atoms with Gasteiger partial charge in [-0.25, -0.2) is 18.9 Å². The number of hydrogen-bond acceptors (Lipinski definition) is 7. The summed E-state index contributed by atoms with van der Waals surface area (Å²) in [5, 5.41) is 23.2. The zero-order valence-electron chi connectivity index (χ0n) is 21.8. The zero-order valence-corrected chi connectivity index (χ0v) is 21.8. The SMILES string of the molecule is CC(C)c1cc(NC(=O)Nc2cc(Oc3ccnc(-c4cnn(C)c4)n3)ccc2F)n(-c2cccc(C#N)c2)n1. The molecular weight excluding hydrogens is 513 g/mol. The Hall–Kier alpha value is -5.57. The molecule has 0 atom stereocenters. The predicted molar refractivity (Wildman–Crippen MR) is 146 cm³/mol. The second-order valence-electron chi connectivity index (χ2n) is 9.13. The summed E-state index contributed by atoms with van der Waals surface area (Å²) in [4.78, 5) is 21.6. The first-order valence-corrected chi connectivity index (χ1v) is 12.3. The van der Waals surface area contributed by atoms with E-state index in [0.29, 0.717) is 28.5 Å². The number of aryl methyl sites for hydroxylation is 1. The highest BCUT2D eigenvalue weighted by Crippen LogP contribution is 2.27. The number of nitriles is 1. The Morgan fingerprint density at radius 2 is 1.98 bits per heavy atom. The normalized spacial score (nSPS) is 10.8. The molecule has 0 saturated heterocycles. The maximum absolute atomic E-state index is 14.7. The molecular formula is C28H24FN9O2. The van der Waals surface area contributed by atoms with Crippen LogP contribution in [-0.4, -0.2) is 35.6 Å². The average Bonchev–Trinajstić information content (AvgIpc) is 3.57. The minimum Gasteiger partial charge on any atom is -0.439 e. The number of carbonyl (C=O) groups is 1. The quantitative estimate of drug-likeness (QED) is 0.274. The van der Waals surface area contributed by atoms with Crippen LogP contribution in [-0.2, 0) is 7.05 Å². The van der Waals surface area contributed by atoms with Crippen molar-refractivity contribution in [3.63, 3.8) is 0 Å². The number of ether oxygens (including phenoxy) is 1. The van der Waals surface area contributed by atoms with Crippen LogP contribution in [0.3, 0.4) is 0 Å². The number of nitrogens with one attached hydrogen (secondary N) is 2. The molecule has 0 fully saturated rings. The molecule has 0 saturated carbocycles. The molecule has 11 nitrogen and oxygen atoms in total. The molecule has 0 aliphatic rings. The lowest BCUT2D eigenvalue weighted by Crippen LogP contribution is -2.22. The van der Waals surface area contributed by atoms with Crippen molar-refractivity contribution in [2.75, 3.05) is 10.6 Å².